The molecule has 1 amide bonds. The molecule has 6 nitrogen and oxygen atoms in total. The van der Waals surface area contributed by atoms with Gasteiger partial charge in [-0.1, -0.05) is 5.16 Å². The molecular formula is C9H11FN4O2. The molecule has 0 saturated heterocycles. The molecule has 0 bridgehead atoms. The summed E-state index contributed by atoms with van der Waals surface area (Å²) < 4.78 is 12.7. The Labute approximate surface area is 91.0 Å². The monoisotopic (exact) mass is 226 g/mol. The smallest absolute Gasteiger partial charge is 0.252 e. The van der Waals surface area contributed by atoms with Gasteiger partial charge in [0.15, 0.2) is 0 Å². The molecule has 0 saturated carbocycles. The van der Waals surface area contributed by atoms with E-state index in [1.807, 2.05) is 0 Å². The van der Waals surface area contributed by atoms with Gasteiger partial charge >= 0.3 is 0 Å². The van der Waals surface area contributed by atoms with Crippen LogP contribution in [0.1, 0.15) is 16.8 Å². The first-order chi connectivity index (χ1) is 7.63. The topological polar surface area (TPSA) is 101 Å². The first-order valence-electron chi connectivity index (χ1n) is 4.48. The molecule has 0 aliphatic carbocycles. The Bertz CT molecular complexity index is 408. The van der Waals surface area contributed by atoms with Gasteiger partial charge in [-0.3, -0.25) is 9.78 Å². The molecule has 7 heteroatoms. The molecule has 4 N–H and O–H groups in total. The van der Waals surface area contributed by atoms with Crippen molar-refractivity contribution in [1.29, 1.82) is 0 Å². The predicted molar refractivity (Wildman–Crippen MR) is 54.6 cm³/mol. The number of nitrogens with zero attached hydrogens (tertiary/aromatic N) is 2. The number of nitrogens with one attached hydrogen (secondary N) is 1. The zero-order chi connectivity index (χ0) is 12.0. The number of halogens is 1. The van der Waals surface area contributed by atoms with Crippen molar-refractivity contribution < 1.29 is 14.4 Å². The van der Waals surface area contributed by atoms with Crippen LogP contribution in [0.2, 0.25) is 0 Å². The number of aromatic nitrogens is 1. The van der Waals surface area contributed by atoms with Crippen molar-refractivity contribution in [3.8, 4) is 0 Å². The minimum atomic E-state index is -0.580. The van der Waals surface area contributed by atoms with Gasteiger partial charge in [0.25, 0.3) is 5.91 Å². The van der Waals surface area contributed by atoms with Crippen LogP contribution in [0.5, 0.6) is 0 Å². The third-order valence-electron chi connectivity index (χ3n) is 1.76. The van der Waals surface area contributed by atoms with E-state index in [1.54, 1.807) is 0 Å². The second kappa shape index (κ2) is 5.64. The fourth-order valence-corrected chi connectivity index (χ4v) is 0.992. The van der Waals surface area contributed by atoms with E-state index >= 15 is 0 Å². The third-order valence-corrected chi connectivity index (χ3v) is 1.76. The Morgan fingerprint density at radius 1 is 1.62 bits per heavy atom. The summed E-state index contributed by atoms with van der Waals surface area (Å²) in [5.41, 5.74) is 5.32. The molecule has 1 aromatic rings. The largest absolute Gasteiger partial charge is 0.409 e. The SMILES string of the molecule is N/C(CCNC(=O)c1cncc(F)c1)=N/O. The van der Waals surface area contributed by atoms with Gasteiger partial charge in [-0.05, 0) is 6.07 Å². The van der Waals surface area contributed by atoms with Crippen molar-refractivity contribution in [3.63, 3.8) is 0 Å². The number of rotatable bonds is 4. The van der Waals surface area contributed by atoms with E-state index in [0.29, 0.717) is 0 Å². The maximum absolute atomic E-state index is 12.7. The molecule has 0 radical (unpaired) electrons. The Kier molecular flexibility index (Phi) is 4.19. The number of amidine groups is 1. The average molecular weight is 226 g/mol. The molecule has 0 unspecified atom stereocenters. The van der Waals surface area contributed by atoms with E-state index in [1.165, 1.54) is 6.20 Å². The van der Waals surface area contributed by atoms with Crippen molar-refractivity contribution in [2.75, 3.05) is 6.54 Å². The lowest BCUT2D eigenvalue weighted by atomic mass is 10.2. The molecule has 86 valence electrons. The Hall–Kier alpha value is -2.18. The average Bonchev–Trinajstić information content (AvgIpc) is 2.28. The van der Waals surface area contributed by atoms with E-state index in [0.717, 1.165) is 12.3 Å². The zero-order valence-corrected chi connectivity index (χ0v) is 8.35. The fourth-order valence-electron chi connectivity index (χ4n) is 0.992. The van der Waals surface area contributed by atoms with Crippen LogP contribution in [0, 0.1) is 5.82 Å². The highest BCUT2D eigenvalue weighted by Crippen LogP contribution is 2.00. The number of hydrogen-bond acceptors (Lipinski definition) is 4. The molecule has 0 aromatic carbocycles. The summed E-state index contributed by atoms with van der Waals surface area (Å²) >= 11 is 0. The van der Waals surface area contributed by atoms with Crippen LogP contribution in [0.15, 0.2) is 23.6 Å². The Balaban J connectivity index is 2.47. The molecule has 1 heterocycles. The molecule has 16 heavy (non-hydrogen) atoms. The van der Waals surface area contributed by atoms with Gasteiger partial charge in [0.2, 0.25) is 0 Å². The van der Waals surface area contributed by atoms with E-state index in [2.05, 4.69) is 15.5 Å². The summed E-state index contributed by atoms with van der Waals surface area (Å²) in [7, 11) is 0. The van der Waals surface area contributed by atoms with Gasteiger partial charge in [-0.25, -0.2) is 4.39 Å². The lowest BCUT2D eigenvalue weighted by Crippen LogP contribution is -2.28. The number of nitrogens with two attached hydrogens (primary N) is 1. The van der Waals surface area contributed by atoms with E-state index in [4.69, 9.17) is 10.9 Å². The highest BCUT2D eigenvalue weighted by atomic mass is 19.1. The summed E-state index contributed by atoms with van der Waals surface area (Å²) in [6.45, 7) is 0.200. The van der Waals surface area contributed by atoms with Crippen LogP contribution >= 0.6 is 0 Å². The molecule has 0 spiro atoms. The number of carbonyl (C=O) groups excluding carboxylic acids is 1. The normalized spacial score (nSPS) is 11.2. The molecule has 1 aromatic heterocycles. The van der Waals surface area contributed by atoms with Gasteiger partial charge < -0.3 is 16.3 Å². The minimum absolute atomic E-state index is 0.0117. The van der Waals surface area contributed by atoms with Crippen LogP contribution in [0.3, 0.4) is 0 Å². The molecule has 1 rings (SSSR count). The van der Waals surface area contributed by atoms with Crippen LogP contribution < -0.4 is 11.1 Å². The second-order valence-corrected chi connectivity index (χ2v) is 2.99. The highest BCUT2D eigenvalue weighted by Gasteiger charge is 2.06. The van der Waals surface area contributed by atoms with Crippen molar-refractivity contribution in [1.82, 2.24) is 10.3 Å². The van der Waals surface area contributed by atoms with E-state index < -0.39 is 11.7 Å². The Morgan fingerprint density at radius 2 is 2.38 bits per heavy atom. The van der Waals surface area contributed by atoms with Gasteiger partial charge in [0, 0.05) is 19.2 Å². The maximum Gasteiger partial charge on any atom is 0.252 e. The predicted octanol–water partition coefficient (Wildman–Crippen LogP) is 0.0870. The number of amides is 1. The number of hydrogen-bond donors (Lipinski definition) is 3. The molecule has 0 aliphatic heterocycles. The summed E-state index contributed by atoms with van der Waals surface area (Å²) in [6.07, 6.45) is 2.47. The van der Waals surface area contributed by atoms with E-state index in [-0.39, 0.29) is 24.4 Å². The van der Waals surface area contributed by atoms with Crippen LogP contribution in [0.25, 0.3) is 0 Å². The molecular weight excluding hydrogens is 215 g/mol. The molecule has 0 aliphatic rings. The minimum Gasteiger partial charge on any atom is -0.409 e. The first kappa shape index (κ1) is 11.9. The van der Waals surface area contributed by atoms with Crippen molar-refractivity contribution in [3.05, 3.63) is 29.8 Å². The third kappa shape index (κ3) is 3.52. The maximum atomic E-state index is 12.7. The summed E-state index contributed by atoms with van der Waals surface area (Å²) in [4.78, 5) is 14.9. The lowest BCUT2D eigenvalue weighted by molar-refractivity contribution is 0.0954. The van der Waals surface area contributed by atoms with Crippen molar-refractivity contribution in [2.24, 2.45) is 10.9 Å². The highest BCUT2D eigenvalue weighted by molar-refractivity contribution is 5.94. The van der Waals surface area contributed by atoms with Gasteiger partial charge in [-0.2, -0.15) is 0 Å². The summed E-state index contributed by atoms with van der Waals surface area (Å²) in [6, 6.07) is 1.08. The van der Waals surface area contributed by atoms with Crippen molar-refractivity contribution in [2.45, 2.75) is 6.42 Å². The van der Waals surface area contributed by atoms with E-state index in [9.17, 15) is 9.18 Å². The van der Waals surface area contributed by atoms with Gasteiger partial charge in [-0.15, -0.1) is 0 Å². The molecule has 0 atom stereocenters. The van der Waals surface area contributed by atoms with Crippen LogP contribution in [-0.4, -0.2) is 28.5 Å². The number of oxime groups is 1. The van der Waals surface area contributed by atoms with Crippen LogP contribution in [0.4, 0.5) is 4.39 Å². The van der Waals surface area contributed by atoms with Crippen LogP contribution in [-0.2, 0) is 0 Å². The standard InChI is InChI=1S/C9H11FN4O2/c10-7-3-6(4-12-5-7)9(15)13-2-1-8(11)14-16/h3-5,16H,1-2H2,(H2,11,14)(H,13,15). The number of carbonyl (C=O) groups is 1. The summed E-state index contributed by atoms with van der Waals surface area (Å²) in [5, 5.41) is 13.5. The van der Waals surface area contributed by atoms with Crippen molar-refractivity contribution >= 4 is 11.7 Å². The quantitative estimate of drug-likeness (QED) is 0.293. The summed E-state index contributed by atoms with van der Waals surface area (Å²) in [5.74, 6) is -1.03. The molecule has 0 fully saturated rings. The zero-order valence-electron chi connectivity index (χ0n) is 8.35. The van der Waals surface area contributed by atoms with Gasteiger partial charge in [0.05, 0.1) is 11.8 Å². The van der Waals surface area contributed by atoms with Gasteiger partial charge in [0.1, 0.15) is 11.7 Å². The Morgan fingerprint density at radius 3 is 3.00 bits per heavy atom. The second-order valence-electron chi connectivity index (χ2n) is 2.99. The fraction of sp³-hybridized carbons (Fsp3) is 0.222. The first-order valence-corrected chi connectivity index (χ1v) is 4.48. The number of pyridine rings is 1. The lowest BCUT2D eigenvalue weighted by Gasteiger charge is -2.03.